The first-order valence-corrected chi connectivity index (χ1v) is 6.83. The van der Waals surface area contributed by atoms with E-state index >= 15 is 0 Å². The first-order valence-electron chi connectivity index (χ1n) is 6.83. The Bertz CT molecular complexity index is 659. The Morgan fingerprint density at radius 1 is 1.42 bits per heavy atom. The van der Waals surface area contributed by atoms with Gasteiger partial charge in [-0.2, -0.15) is 18.3 Å². The molecule has 1 aromatic heterocycles. The molecule has 132 valence electrons. The number of hydrogen-bond donors (Lipinski definition) is 1. The highest BCUT2D eigenvalue weighted by molar-refractivity contribution is 5.79. The summed E-state index contributed by atoms with van der Waals surface area (Å²) in [4.78, 5) is 33.6. The number of aliphatic carboxylic acids is 1. The van der Waals surface area contributed by atoms with E-state index < -0.39 is 47.9 Å². The van der Waals surface area contributed by atoms with Crippen molar-refractivity contribution in [3.05, 3.63) is 22.5 Å². The molecule has 0 radical (unpaired) electrons. The molecule has 2 atom stereocenters. The Balaban J connectivity index is 1.97. The number of aromatic nitrogens is 2. The van der Waals surface area contributed by atoms with Crippen LogP contribution in [0, 0.1) is 22.0 Å². The van der Waals surface area contributed by atoms with Crippen molar-refractivity contribution < 1.29 is 32.8 Å². The zero-order chi connectivity index (χ0) is 18.1. The fourth-order valence-electron chi connectivity index (χ4n) is 2.53. The molecule has 0 aliphatic carbocycles. The minimum absolute atomic E-state index is 0.0579. The Kier molecular flexibility index (Phi) is 4.76. The van der Waals surface area contributed by atoms with Gasteiger partial charge >= 0.3 is 17.8 Å². The molecule has 2 rings (SSSR count). The molecule has 0 saturated carbocycles. The lowest BCUT2D eigenvalue weighted by Gasteiger charge is -2.18. The van der Waals surface area contributed by atoms with E-state index in [2.05, 4.69) is 5.10 Å². The summed E-state index contributed by atoms with van der Waals surface area (Å²) in [5.41, 5.74) is -0.272. The molecule has 1 aliphatic rings. The number of nitro groups is 1. The van der Waals surface area contributed by atoms with Gasteiger partial charge in [-0.25, -0.2) is 0 Å². The van der Waals surface area contributed by atoms with Crippen LogP contribution in [0.3, 0.4) is 0 Å². The average Bonchev–Trinajstić information content (AvgIpc) is 3.11. The standard InChI is InChI=1S/C12H13F3N4O5/c13-12(14,15)9-6-17(5-8(9)11(21)22)10(20)1-2-18-4-7(3-16-18)19(23)24/h3-4,8-9H,1-2,5-6H2,(H,21,22)/t8-,9-/m1/s1. The number of nitrogens with zero attached hydrogens (tertiary/aromatic N) is 4. The molecule has 1 aliphatic heterocycles. The maximum atomic E-state index is 12.9. The second-order valence-electron chi connectivity index (χ2n) is 5.36. The van der Waals surface area contributed by atoms with E-state index in [1.165, 1.54) is 0 Å². The molecule has 0 aromatic carbocycles. The lowest BCUT2D eigenvalue weighted by Crippen LogP contribution is -2.34. The van der Waals surface area contributed by atoms with Gasteiger partial charge in [0, 0.05) is 26.1 Å². The number of amides is 1. The summed E-state index contributed by atoms with van der Waals surface area (Å²) in [7, 11) is 0. The quantitative estimate of drug-likeness (QED) is 0.623. The lowest BCUT2D eigenvalue weighted by molar-refractivity contribution is -0.385. The van der Waals surface area contributed by atoms with Crippen LogP contribution in [0.15, 0.2) is 12.4 Å². The van der Waals surface area contributed by atoms with Crippen LogP contribution in [0.25, 0.3) is 0 Å². The van der Waals surface area contributed by atoms with Crippen LogP contribution in [0.2, 0.25) is 0 Å². The van der Waals surface area contributed by atoms with Crippen molar-refractivity contribution >= 4 is 17.6 Å². The van der Waals surface area contributed by atoms with Crippen molar-refractivity contribution in [3.8, 4) is 0 Å². The van der Waals surface area contributed by atoms with E-state index in [9.17, 15) is 32.9 Å². The van der Waals surface area contributed by atoms with Crippen LogP contribution < -0.4 is 0 Å². The minimum Gasteiger partial charge on any atom is -0.481 e. The van der Waals surface area contributed by atoms with E-state index in [4.69, 9.17) is 5.11 Å². The summed E-state index contributed by atoms with van der Waals surface area (Å²) in [6.07, 6.45) is -2.87. The number of likely N-dealkylation sites (tertiary alicyclic amines) is 1. The number of carboxylic acid groups (broad SMARTS) is 1. The Labute approximate surface area is 132 Å². The van der Waals surface area contributed by atoms with Crippen LogP contribution in [0.1, 0.15) is 6.42 Å². The van der Waals surface area contributed by atoms with Crippen molar-refractivity contribution in [1.29, 1.82) is 0 Å². The smallest absolute Gasteiger partial charge is 0.394 e. The van der Waals surface area contributed by atoms with Gasteiger partial charge in [0.1, 0.15) is 12.4 Å². The number of alkyl halides is 3. The van der Waals surface area contributed by atoms with Gasteiger partial charge in [-0.1, -0.05) is 0 Å². The van der Waals surface area contributed by atoms with Crippen molar-refractivity contribution in [2.45, 2.75) is 19.1 Å². The first-order chi connectivity index (χ1) is 11.1. The summed E-state index contributed by atoms with van der Waals surface area (Å²) < 4.78 is 39.7. The van der Waals surface area contributed by atoms with Crippen molar-refractivity contribution in [2.75, 3.05) is 13.1 Å². The average molecular weight is 350 g/mol. The summed E-state index contributed by atoms with van der Waals surface area (Å²) in [5, 5.41) is 23.1. The molecule has 24 heavy (non-hydrogen) atoms. The second kappa shape index (κ2) is 6.45. The van der Waals surface area contributed by atoms with E-state index in [-0.39, 0.29) is 18.7 Å². The third-order valence-electron chi connectivity index (χ3n) is 3.80. The van der Waals surface area contributed by atoms with Gasteiger partial charge in [0.15, 0.2) is 0 Å². The van der Waals surface area contributed by atoms with Crippen molar-refractivity contribution in [1.82, 2.24) is 14.7 Å². The number of carbonyl (C=O) groups excluding carboxylic acids is 1. The van der Waals surface area contributed by atoms with Crippen LogP contribution >= 0.6 is 0 Å². The molecule has 1 N–H and O–H groups in total. The zero-order valence-electron chi connectivity index (χ0n) is 12.1. The van der Waals surface area contributed by atoms with E-state index in [1.54, 1.807) is 0 Å². The monoisotopic (exact) mass is 350 g/mol. The summed E-state index contributed by atoms with van der Waals surface area (Å²) in [6, 6.07) is 0. The zero-order valence-corrected chi connectivity index (χ0v) is 12.1. The fraction of sp³-hybridized carbons (Fsp3) is 0.583. The second-order valence-corrected chi connectivity index (χ2v) is 5.36. The first kappa shape index (κ1) is 17.7. The molecule has 1 fully saturated rings. The number of hydrogen-bond acceptors (Lipinski definition) is 5. The number of rotatable bonds is 5. The van der Waals surface area contributed by atoms with Crippen LogP contribution in [-0.4, -0.2) is 55.9 Å². The van der Waals surface area contributed by atoms with E-state index in [0.29, 0.717) is 0 Å². The van der Waals surface area contributed by atoms with Crippen molar-refractivity contribution in [2.24, 2.45) is 11.8 Å². The predicted molar refractivity (Wildman–Crippen MR) is 70.7 cm³/mol. The lowest BCUT2D eigenvalue weighted by atomic mass is 9.96. The molecular weight excluding hydrogens is 337 g/mol. The molecule has 0 unspecified atom stereocenters. The van der Waals surface area contributed by atoms with Gasteiger partial charge in [-0.05, 0) is 0 Å². The number of carboxylic acids is 1. The number of halogens is 3. The molecule has 1 amide bonds. The van der Waals surface area contributed by atoms with Gasteiger partial charge in [-0.3, -0.25) is 24.4 Å². The highest BCUT2D eigenvalue weighted by Crippen LogP contribution is 2.37. The summed E-state index contributed by atoms with van der Waals surface area (Å²) in [6.45, 7) is -1.28. The maximum Gasteiger partial charge on any atom is 0.394 e. The molecule has 0 spiro atoms. The minimum atomic E-state index is -4.71. The SMILES string of the molecule is O=C(O)[C@@H]1CN(C(=O)CCn2cc([N+](=O)[O-])cn2)C[C@H]1C(F)(F)F. The summed E-state index contributed by atoms with van der Waals surface area (Å²) >= 11 is 0. The van der Waals surface area contributed by atoms with Gasteiger partial charge in [0.05, 0.1) is 16.8 Å². The molecule has 0 bridgehead atoms. The van der Waals surface area contributed by atoms with Gasteiger partial charge in [0.25, 0.3) is 0 Å². The van der Waals surface area contributed by atoms with Crippen LogP contribution in [0.4, 0.5) is 18.9 Å². The maximum absolute atomic E-state index is 12.9. The fourth-order valence-corrected chi connectivity index (χ4v) is 2.53. The van der Waals surface area contributed by atoms with E-state index in [1.807, 2.05) is 0 Å². The normalized spacial score (nSPS) is 21.0. The summed E-state index contributed by atoms with van der Waals surface area (Å²) in [5.74, 6) is -6.06. The Morgan fingerprint density at radius 3 is 2.54 bits per heavy atom. The van der Waals surface area contributed by atoms with Gasteiger partial charge < -0.3 is 10.0 Å². The van der Waals surface area contributed by atoms with Gasteiger partial charge in [-0.15, -0.1) is 0 Å². The molecule has 1 aromatic rings. The topological polar surface area (TPSA) is 119 Å². The molecule has 2 heterocycles. The van der Waals surface area contributed by atoms with Crippen LogP contribution in [-0.2, 0) is 16.1 Å². The number of aryl methyl sites for hydroxylation is 1. The van der Waals surface area contributed by atoms with Crippen molar-refractivity contribution in [3.63, 3.8) is 0 Å². The molecule has 9 nitrogen and oxygen atoms in total. The Morgan fingerprint density at radius 2 is 2.08 bits per heavy atom. The number of carbonyl (C=O) groups is 2. The largest absolute Gasteiger partial charge is 0.481 e. The highest BCUT2D eigenvalue weighted by Gasteiger charge is 2.53. The van der Waals surface area contributed by atoms with E-state index in [0.717, 1.165) is 22.0 Å². The molecule has 12 heteroatoms. The third kappa shape index (κ3) is 3.81. The van der Waals surface area contributed by atoms with Gasteiger partial charge in [0.2, 0.25) is 5.91 Å². The molecular formula is C12H13F3N4O5. The molecule has 1 saturated heterocycles. The highest BCUT2D eigenvalue weighted by atomic mass is 19.4. The third-order valence-corrected chi connectivity index (χ3v) is 3.80. The predicted octanol–water partition coefficient (Wildman–Crippen LogP) is 0.903. The Hall–Kier alpha value is -2.66. The van der Waals surface area contributed by atoms with Crippen LogP contribution in [0.5, 0.6) is 0 Å².